The van der Waals surface area contributed by atoms with Crippen molar-refractivity contribution in [2.75, 3.05) is 12.4 Å². The van der Waals surface area contributed by atoms with E-state index in [1.54, 1.807) is 11.8 Å². The minimum atomic E-state index is -0.0762. The van der Waals surface area contributed by atoms with E-state index >= 15 is 0 Å². The Kier molecular flexibility index (Phi) is 7.55. The number of fused-ring (bicyclic) bond motifs is 1. The zero-order valence-electron chi connectivity index (χ0n) is 18.1. The molecule has 0 aliphatic heterocycles. The molecule has 0 saturated carbocycles. The highest BCUT2D eigenvalue weighted by atomic mass is 35.5. The molecule has 0 radical (unpaired) electrons. The predicted octanol–water partition coefficient (Wildman–Crippen LogP) is 7.38. The van der Waals surface area contributed by atoms with Crippen LogP contribution in [0.4, 0.5) is 0 Å². The van der Waals surface area contributed by atoms with Gasteiger partial charge in [0.2, 0.25) is 0 Å². The van der Waals surface area contributed by atoms with Gasteiger partial charge in [-0.25, -0.2) is 4.98 Å². The van der Waals surface area contributed by atoms with Crippen molar-refractivity contribution in [3.05, 3.63) is 74.9 Å². The quantitative estimate of drug-likeness (QED) is 0.153. The number of rotatable bonds is 9. The van der Waals surface area contributed by atoms with E-state index in [1.807, 2.05) is 29.6 Å². The van der Waals surface area contributed by atoms with Gasteiger partial charge in [0.1, 0.15) is 10.6 Å². The first-order chi connectivity index (χ1) is 15.5. The van der Waals surface area contributed by atoms with Crippen LogP contribution in [0.1, 0.15) is 38.2 Å². The van der Waals surface area contributed by atoms with Crippen LogP contribution in [0.15, 0.2) is 63.9 Å². The van der Waals surface area contributed by atoms with Gasteiger partial charge in [-0.2, -0.15) is 0 Å². The lowest BCUT2D eigenvalue weighted by Crippen LogP contribution is -2.08. The van der Waals surface area contributed by atoms with Gasteiger partial charge in [-0.05, 0) is 54.2 Å². The minimum Gasteiger partial charge on any atom is -0.494 e. The number of aromatic nitrogens is 2. The van der Waals surface area contributed by atoms with Crippen LogP contribution in [0.25, 0.3) is 21.3 Å². The summed E-state index contributed by atoms with van der Waals surface area (Å²) in [7, 11) is 0. The molecule has 32 heavy (non-hydrogen) atoms. The van der Waals surface area contributed by atoms with E-state index in [0.717, 1.165) is 40.3 Å². The topological polar surface area (TPSA) is 55.0 Å². The van der Waals surface area contributed by atoms with Crippen molar-refractivity contribution in [1.29, 1.82) is 0 Å². The normalized spacial score (nSPS) is 11.4. The number of unbranched alkanes of at least 4 members (excludes halogenated alkanes) is 1. The lowest BCUT2D eigenvalue weighted by Gasteiger charge is -2.07. The lowest BCUT2D eigenvalue weighted by atomic mass is 9.99. The highest BCUT2D eigenvalue weighted by Crippen LogP contribution is 2.32. The van der Waals surface area contributed by atoms with Crippen molar-refractivity contribution in [2.45, 2.75) is 37.8 Å². The third-order valence-electron chi connectivity index (χ3n) is 5.17. The number of thiophene rings is 1. The van der Waals surface area contributed by atoms with Crippen molar-refractivity contribution < 1.29 is 4.74 Å². The molecule has 0 aliphatic rings. The maximum Gasteiger partial charge on any atom is 0.260 e. The van der Waals surface area contributed by atoms with Crippen molar-refractivity contribution >= 4 is 44.9 Å². The summed E-state index contributed by atoms with van der Waals surface area (Å²) in [5, 5.41) is 4.08. The fourth-order valence-corrected chi connectivity index (χ4v) is 5.35. The Balaban J connectivity index is 1.34. The average molecular weight is 485 g/mol. The molecule has 166 valence electrons. The van der Waals surface area contributed by atoms with Crippen LogP contribution in [0, 0.1) is 0 Å². The largest absolute Gasteiger partial charge is 0.494 e. The third-order valence-corrected chi connectivity index (χ3v) is 7.25. The van der Waals surface area contributed by atoms with Crippen molar-refractivity contribution in [3.63, 3.8) is 0 Å². The molecule has 0 spiro atoms. The fraction of sp³-hybridized carbons (Fsp3) is 0.280. The molecule has 2 aromatic carbocycles. The van der Waals surface area contributed by atoms with Crippen molar-refractivity contribution in [3.8, 4) is 16.9 Å². The van der Waals surface area contributed by atoms with E-state index in [0.29, 0.717) is 28.1 Å². The predicted molar refractivity (Wildman–Crippen MR) is 137 cm³/mol. The molecule has 0 unspecified atom stereocenters. The number of benzene rings is 2. The number of nitrogens with one attached hydrogen (secondary N) is 1. The Morgan fingerprint density at radius 1 is 1.09 bits per heavy atom. The number of aromatic amines is 1. The van der Waals surface area contributed by atoms with Gasteiger partial charge in [0.05, 0.1) is 12.0 Å². The smallest absolute Gasteiger partial charge is 0.260 e. The lowest BCUT2D eigenvalue weighted by molar-refractivity contribution is 0.310. The molecule has 1 N–H and O–H groups in total. The molecule has 4 aromatic rings. The van der Waals surface area contributed by atoms with Gasteiger partial charge >= 0.3 is 0 Å². The van der Waals surface area contributed by atoms with E-state index in [4.69, 9.17) is 16.3 Å². The Hall–Kier alpha value is -2.28. The van der Waals surface area contributed by atoms with E-state index in [2.05, 4.69) is 48.1 Å². The average Bonchev–Trinajstić information content (AvgIpc) is 3.22. The number of H-pyrrole nitrogens is 1. The van der Waals surface area contributed by atoms with Crippen LogP contribution in [0.3, 0.4) is 0 Å². The van der Waals surface area contributed by atoms with Crippen LogP contribution >= 0.6 is 34.7 Å². The highest BCUT2D eigenvalue weighted by Gasteiger charge is 2.13. The number of hydrogen-bond donors (Lipinski definition) is 1. The first kappa shape index (κ1) is 22.9. The Labute approximate surface area is 201 Å². The number of hydrogen-bond acceptors (Lipinski definition) is 5. The second-order valence-electron chi connectivity index (χ2n) is 7.84. The van der Waals surface area contributed by atoms with Crippen LogP contribution in [-0.4, -0.2) is 22.3 Å². The molecule has 4 rings (SSSR count). The van der Waals surface area contributed by atoms with Gasteiger partial charge in [0.15, 0.2) is 5.16 Å². The zero-order chi connectivity index (χ0) is 22.5. The third kappa shape index (κ3) is 5.55. The summed E-state index contributed by atoms with van der Waals surface area (Å²) in [4.78, 5) is 21.2. The maximum absolute atomic E-state index is 12.8. The van der Waals surface area contributed by atoms with Gasteiger partial charge in [-0.3, -0.25) is 4.79 Å². The number of ether oxygens (including phenoxy) is 1. The fourth-order valence-electron chi connectivity index (χ4n) is 3.35. The van der Waals surface area contributed by atoms with Crippen LogP contribution in [0.2, 0.25) is 5.02 Å². The molecular formula is C25H25ClN2O2S2. The van der Waals surface area contributed by atoms with Crippen molar-refractivity contribution in [1.82, 2.24) is 9.97 Å². The SMILES string of the molecule is CC(C)c1ccc(-c2csc3nc(SCCCCOc4ccc(Cl)cc4)[nH]c(=O)c23)cc1. The van der Waals surface area contributed by atoms with Gasteiger partial charge < -0.3 is 9.72 Å². The summed E-state index contributed by atoms with van der Waals surface area (Å²) in [6.45, 7) is 5.00. The molecule has 0 saturated heterocycles. The van der Waals surface area contributed by atoms with Gasteiger partial charge in [0.25, 0.3) is 5.56 Å². The van der Waals surface area contributed by atoms with Crippen LogP contribution in [-0.2, 0) is 0 Å². The first-order valence-corrected chi connectivity index (χ1v) is 12.9. The molecule has 4 nitrogen and oxygen atoms in total. The number of thioether (sulfide) groups is 1. The summed E-state index contributed by atoms with van der Waals surface area (Å²) in [6.07, 6.45) is 1.90. The van der Waals surface area contributed by atoms with E-state index in [1.165, 1.54) is 16.9 Å². The van der Waals surface area contributed by atoms with Crippen LogP contribution < -0.4 is 10.3 Å². The van der Waals surface area contributed by atoms with E-state index in [-0.39, 0.29) is 5.56 Å². The summed E-state index contributed by atoms with van der Waals surface area (Å²) in [5.41, 5.74) is 3.21. The number of nitrogens with zero attached hydrogens (tertiary/aromatic N) is 1. The first-order valence-electron chi connectivity index (χ1n) is 10.6. The second-order valence-corrected chi connectivity index (χ2v) is 10.2. The summed E-state index contributed by atoms with van der Waals surface area (Å²) < 4.78 is 5.72. The van der Waals surface area contributed by atoms with E-state index < -0.39 is 0 Å². The second kappa shape index (κ2) is 10.6. The highest BCUT2D eigenvalue weighted by molar-refractivity contribution is 7.99. The molecule has 0 aliphatic carbocycles. The monoisotopic (exact) mass is 484 g/mol. The Bertz CT molecular complexity index is 1230. The maximum atomic E-state index is 12.8. The van der Waals surface area contributed by atoms with Gasteiger partial charge in [-0.15, -0.1) is 11.3 Å². The van der Waals surface area contributed by atoms with Crippen molar-refractivity contribution in [2.24, 2.45) is 0 Å². The Morgan fingerprint density at radius 3 is 2.56 bits per heavy atom. The van der Waals surface area contributed by atoms with Gasteiger partial charge in [0, 0.05) is 21.7 Å². The molecule has 7 heteroatoms. The van der Waals surface area contributed by atoms with E-state index in [9.17, 15) is 4.79 Å². The number of halogens is 1. The summed E-state index contributed by atoms with van der Waals surface area (Å²) in [6, 6.07) is 15.8. The standard InChI is InChI=1S/C25H25ClN2O2S2/c1-16(2)17-5-7-18(8-6-17)21-15-32-24-22(21)23(29)27-25(28-24)31-14-4-3-13-30-20-11-9-19(26)10-12-20/h5-12,15-16H,3-4,13-14H2,1-2H3,(H,27,28,29). The molecule has 0 fully saturated rings. The molecule has 2 aromatic heterocycles. The minimum absolute atomic E-state index is 0.0762. The molecule has 2 heterocycles. The van der Waals surface area contributed by atoms with Crippen LogP contribution in [0.5, 0.6) is 5.75 Å². The Morgan fingerprint density at radius 2 is 1.84 bits per heavy atom. The molecular weight excluding hydrogens is 460 g/mol. The zero-order valence-corrected chi connectivity index (χ0v) is 20.4. The molecule has 0 atom stereocenters. The summed E-state index contributed by atoms with van der Waals surface area (Å²) >= 11 is 8.97. The van der Waals surface area contributed by atoms with Gasteiger partial charge in [-0.1, -0.05) is 61.5 Å². The molecule has 0 bridgehead atoms. The molecule has 0 amide bonds. The summed E-state index contributed by atoms with van der Waals surface area (Å²) in [5.74, 6) is 2.18.